The van der Waals surface area contributed by atoms with Crippen molar-refractivity contribution < 1.29 is 22.5 Å². The molecule has 0 saturated carbocycles. The van der Waals surface area contributed by atoms with Crippen LogP contribution in [0.5, 0.6) is 0 Å². The van der Waals surface area contributed by atoms with Gasteiger partial charge in [0.2, 0.25) is 0 Å². The third kappa shape index (κ3) is 4.60. The van der Waals surface area contributed by atoms with Gasteiger partial charge in [0, 0.05) is 17.8 Å². The molecule has 27 heavy (non-hydrogen) atoms. The Morgan fingerprint density at radius 2 is 1.74 bits per heavy atom. The van der Waals surface area contributed by atoms with Crippen LogP contribution in [0.4, 0.5) is 30.5 Å². The fourth-order valence-corrected chi connectivity index (χ4v) is 2.24. The summed E-state index contributed by atoms with van der Waals surface area (Å²) in [6.07, 6.45) is -4.44. The standard InChI is InChI=1S/C17H14F3N5O2/c1-9-7-15(25-27-9)24-14-8-13(21-10(2)22-14)16(26)23-12-5-3-11(4-6-12)17(18,19)20/h3-8H,1-2H3,(H,23,26)(H,21,22,24,25). The van der Waals surface area contributed by atoms with Gasteiger partial charge in [-0.1, -0.05) is 5.16 Å². The van der Waals surface area contributed by atoms with Gasteiger partial charge in [-0.25, -0.2) is 9.97 Å². The van der Waals surface area contributed by atoms with Gasteiger partial charge in [0.15, 0.2) is 5.82 Å². The third-order valence-corrected chi connectivity index (χ3v) is 3.42. The van der Waals surface area contributed by atoms with Gasteiger partial charge in [0.05, 0.1) is 5.56 Å². The summed E-state index contributed by atoms with van der Waals surface area (Å²) in [5, 5.41) is 9.16. The van der Waals surface area contributed by atoms with E-state index in [1.54, 1.807) is 19.9 Å². The minimum atomic E-state index is -4.44. The predicted molar refractivity (Wildman–Crippen MR) is 90.7 cm³/mol. The molecule has 2 N–H and O–H groups in total. The second-order valence-electron chi connectivity index (χ2n) is 5.66. The second kappa shape index (κ2) is 7.06. The second-order valence-corrected chi connectivity index (χ2v) is 5.66. The van der Waals surface area contributed by atoms with E-state index in [9.17, 15) is 18.0 Å². The molecule has 0 saturated heterocycles. The van der Waals surface area contributed by atoms with Gasteiger partial charge >= 0.3 is 6.18 Å². The van der Waals surface area contributed by atoms with E-state index < -0.39 is 17.6 Å². The average molecular weight is 377 g/mol. The molecule has 10 heteroatoms. The van der Waals surface area contributed by atoms with E-state index in [-0.39, 0.29) is 11.4 Å². The third-order valence-electron chi connectivity index (χ3n) is 3.42. The summed E-state index contributed by atoms with van der Waals surface area (Å²) in [4.78, 5) is 20.6. The molecule has 140 valence electrons. The molecule has 0 spiro atoms. The van der Waals surface area contributed by atoms with Gasteiger partial charge in [-0.2, -0.15) is 13.2 Å². The van der Waals surface area contributed by atoms with E-state index in [0.717, 1.165) is 12.1 Å². The fourth-order valence-electron chi connectivity index (χ4n) is 2.24. The van der Waals surface area contributed by atoms with Crippen LogP contribution in [-0.2, 0) is 6.18 Å². The highest BCUT2D eigenvalue weighted by Crippen LogP contribution is 2.29. The molecule has 0 aliphatic rings. The zero-order valence-corrected chi connectivity index (χ0v) is 14.3. The summed E-state index contributed by atoms with van der Waals surface area (Å²) in [6, 6.07) is 7.18. The van der Waals surface area contributed by atoms with E-state index >= 15 is 0 Å². The number of hydrogen-bond donors (Lipinski definition) is 2. The largest absolute Gasteiger partial charge is 0.416 e. The van der Waals surface area contributed by atoms with E-state index in [2.05, 4.69) is 25.8 Å². The predicted octanol–water partition coefficient (Wildman–Crippen LogP) is 4.10. The lowest BCUT2D eigenvalue weighted by molar-refractivity contribution is -0.137. The van der Waals surface area contributed by atoms with Crippen molar-refractivity contribution >= 4 is 23.2 Å². The first kappa shape index (κ1) is 18.4. The molecule has 2 aromatic heterocycles. The summed E-state index contributed by atoms with van der Waals surface area (Å²) in [6.45, 7) is 3.33. The van der Waals surface area contributed by atoms with Gasteiger partial charge in [0.25, 0.3) is 5.91 Å². The number of rotatable bonds is 4. The summed E-state index contributed by atoms with van der Waals surface area (Å²) in [5.74, 6) is 1.09. The summed E-state index contributed by atoms with van der Waals surface area (Å²) in [5.41, 5.74) is -0.538. The van der Waals surface area contributed by atoms with Crippen molar-refractivity contribution in [1.82, 2.24) is 15.1 Å². The maximum atomic E-state index is 12.6. The van der Waals surface area contributed by atoms with E-state index in [4.69, 9.17) is 4.52 Å². The molecular weight excluding hydrogens is 363 g/mol. The molecule has 0 unspecified atom stereocenters. The Labute approximate surface area is 151 Å². The zero-order chi connectivity index (χ0) is 19.6. The number of hydrogen-bond acceptors (Lipinski definition) is 6. The highest BCUT2D eigenvalue weighted by molar-refractivity contribution is 6.03. The fraction of sp³-hybridized carbons (Fsp3) is 0.176. The molecule has 0 bridgehead atoms. The van der Waals surface area contributed by atoms with Crippen molar-refractivity contribution in [2.75, 3.05) is 10.6 Å². The van der Waals surface area contributed by atoms with Gasteiger partial charge in [-0.05, 0) is 38.1 Å². The molecule has 2 heterocycles. The molecule has 7 nitrogen and oxygen atoms in total. The maximum Gasteiger partial charge on any atom is 0.416 e. The molecule has 1 aromatic carbocycles. The van der Waals surface area contributed by atoms with Crippen LogP contribution in [0.1, 0.15) is 27.6 Å². The minimum Gasteiger partial charge on any atom is -0.360 e. The Morgan fingerprint density at radius 1 is 1.04 bits per heavy atom. The Bertz CT molecular complexity index is 967. The van der Waals surface area contributed by atoms with Crippen molar-refractivity contribution in [2.45, 2.75) is 20.0 Å². The summed E-state index contributed by atoms with van der Waals surface area (Å²) >= 11 is 0. The first-order valence-corrected chi connectivity index (χ1v) is 7.75. The van der Waals surface area contributed by atoms with Crippen LogP contribution >= 0.6 is 0 Å². The van der Waals surface area contributed by atoms with Crippen LogP contribution in [0, 0.1) is 13.8 Å². The van der Waals surface area contributed by atoms with Crippen molar-refractivity contribution in [3.8, 4) is 0 Å². The van der Waals surface area contributed by atoms with Gasteiger partial charge in [-0.15, -0.1) is 0 Å². The van der Waals surface area contributed by atoms with Crippen LogP contribution in [0.2, 0.25) is 0 Å². The molecule has 3 rings (SSSR count). The monoisotopic (exact) mass is 377 g/mol. The number of nitrogens with one attached hydrogen (secondary N) is 2. The van der Waals surface area contributed by atoms with Gasteiger partial charge < -0.3 is 15.2 Å². The van der Waals surface area contributed by atoms with Gasteiger partial charge in [0.1, 0.15) is 23.1 Å². The summed E-state index contributed by atoms with van der Waals surface area (Å²) < 4.78 is 42.7. The highest BCUT2D eigenvalue weighted by atomic mass is 19.4. The van der Waals surface area contributed by atoms with E-state index in [1.807, 2.05) is 0 Å². The Morgan fingerprint density at radius 3 is 2.33 bits per heavy atom. The minimum absolute atomic E-state index is 0.0464. The van der Waals surface area contributed by atoms with Crippen molar-refractivity contribution in [1.29, 1.82) is 0 Å². The number of halogens is 3. The van der Waals surface area contributed by atoms with E-state index in [1.165, 1.54) is 18.2 Å². The molecular formula is C17H14F3N5O2. The first-order valence-electron chi connectivity index (χ1n) is 7.75. The lowest BCUT2D eigenvalue weighted by Crippen LogP contribution is -2.15. The SMILES string of the molecule is Cc1nc(Nc2cc(C)on2)cc(C(=O)Nc2ccc(C(F)(F)F)cc2)n1. The zero-order valence-electron chi connectivity index (χ0n) is 14.3. The topological polar surface area (TPSA) is 92.9 Å². The molecule has 0 aliphatic carbocycles. The first-order chi connectivity index (χ1) is 12.7. The normalized spacial score (nSPS) is 11.3. The number of amides is 1. The number of carbonyl (C=O) groups is 1. The number of aryl methyl sites for hydroxylation is 2. The van der Waals surface area contributed by atoms with Crippen LogP contribution in [0.25, 0.3) is 0 Å². The molecule has 1 amide bonds. The average Bonchev–Trinajstić information content (AvgIpc) is 2.99. The smallest absolute Gasteiger partial charge is 0.360 e. The van der Waals surface area contributed by atoms with Crippen molar-refractivity contribution in [2.24, 2.45) is 0 Å². The maximum absolute atomic E-state index is 12.6. The van der Waals surface area contributed by atoms with Crippen LogP contribution in [0.3, 0.4) is 0 Å². The number of anilines is 3. The van der Waals surface area contributed by atoms with Gasteiger partial charge in [-0.3, -0.25) is 4.79 Å². The molecule has 0 atom stereocenters. The lowest BCUT2D eigenvalue weighted by atomic mass is 10.2. The molecule has 3 aromatic rings. The number of alkyl halides is 3. The Balaban J connectivity index is 1.76. The molecule has 0 radical (unpaired) electrons. The number of nitrogens with zero attached hydrogens (tertiary/aromatic N) is 3. The highest BCUT2D eigenvalue weighted by Gasteiger charge is 2.30. The molecule has 0 fully saturated rings. The Hall–Kier alpha value is -3.43. The summed E-state index contributed by atoms with van der Waals surface area (Å²) in [7, 11) is 0. The van der Waals surface area contributed by atoms with Crippen LogP contribution in [-0.4, -0.2) is 21.0 Å². The quantitative estimate of drug-likeness (QED) is 0.711. The Kier molecular flexibility index (Phi) is 4.80. The number of benzene rings is 1. The lowest BCUT2D eigenvalue weighted by Gasteiger charge is -2.09. The number of aromatic nitrogens is 3. The van der Waals surface area contributed by atoms with Crippen LogP contribution < -0.4 is 10.6 Å². The van der Waals surface area contributed by atoms with Crippen LogP contribution in [0.15, 0.2) is 40.9 Å². The van der Waals surface area contributed by atoms with Crippen molar-refractivity contribution in [3.63, 3.8) is 0 Å². The van der Waals surface area contributed by atoms with E-state index in [0.29, 0.717) is 23.2 Å². The van der Waals surface area contributed by atoms with Crippen molar-refractivity contribution in [3.05, 3.63) is 59.2 Å². The number of carbonyl (C=O) groups excluding carboxylic acids is 1. The molecule has 0 aliphatic heterocycles.